The van der Waals surface area contributed by atoms with Crippen LogP contribution in [0.3, 0.4) is 0 Å². The molecule has 0 saturated heterocycles. The molecule has 1 fully saturated rings. The molecule has 2 aromatic carbocycles. The fraction of sp³-hybridized carbons (Fsp3) is 0.458. The molecule has 0 amide bonds. The van der Waals surface area contributed by atoms with Crippen molar-refractivity contribution in [1.82, 2.24) is 10.6 Å². The number of amidine groups is 1. The van der Waals surface area contributed by atoms with Crippen LogP contribution in [0.5, 0.6) is 5.75 Å². The number of alkyl halides is 3. The van der Waals surface area contributed by atoms with Gasteiger partial charge < -0.3 is 20.7 Å². The minimum absolute atomic E-state index is 0.189. The SMILES string of the molecule is CN=C1NC(N)(C2CCC(CNCc3ccc(Br)cc3OC(F)(F)F)CC2)Nc2ccccc21. The van der Waals surface area contributed by atoms with Crippen LogP contribution in [-0.4, -0.2) is 31.6 Å². The van der Waals surface area contributed by atoms with Gasteiger partial charge in [-0.05, 0) is 62.4 Å². The van der Waals surface area contributed by atoms with E-state index < -0.39 is 12.1 Å². The molecule has 34 heavy (non-hydrogen) atoms. The molecule has 0 spiro atoms. The maximum atomic E-state index is 12.7. The summed E-state index contributed by atoms with van der Waals surface area (Å²) in [4.78, 5) is 4.39. The highest BCUT2D eigenvalue weighted by Crippen LogP contribution is 2.37. The van der Waals surface area contributed by atoms with E-state index in [0.717, 1.165) is 49.3 Å². The molecule has 0 bridgehead atoms. The second kappa shape index (κ2) is 10.1. The van der Waals surface area contributed by atoms with Crippen LogP contribution in [0.1, 0.15) is 36.8 Å². The maximum absolute atomic E-state index is 12.7. The Morgan fingerprint density at radius 3 is 2.59 bits per heavy atom. The first-order chi connectivity index (χ1) is 16.2. The summed E-state index contributed by atoms with van der Waals surface area (Å²) in [5.41, 5.74) is 9.23. The number of nitrogens with zero attached hydrogens (tertiary/aromatic N) is 1. The van der Waals surface area contributed by atoms with Crippen molar-refractivity contribution in [2.45, 2.75) is 44.4 Å². The Bertz CT molecular complexity index is 1040. The zero-order chi connectivity index (χ0) is 24.3. The van der Waals surface area contributed by atoms with Gasteiger partial charge in [0.15, 0.2) is 5.79 Å². The first-order valence-electron chi connectivity index (χ1n) is 11.3. The van der Waals surface area contributed by atoms with E-state index in [4.69, 9.17) is 5.73 Å². The lowest BCUT2D eigenvalue weighted by atomic mass is 9.77. The lowest BCUT2D eigenvalue weighted by Gasteiger charge is -2.46. The van der Waals surface area contributed by atoms with E-state index in [1.54, 1.807) is 19.2 Å². The van der Waals surface area contributed by atoms with Crippen LogP contribution in [-0.2, 0) is 6.54 Å². The normalized spacial score (nSPS) is 25.9. The van der Waals surface area contributed by atoms with E-state index >= 15 is 0 Å². The van der Waals surface area contributed by atoms with Crippen molar-refractivity contribution in [3.05, 3.63) is 58.1 Å². The zero-order valence-corrected chi connectivity index (χ0v) is 20.5. The molecule has 6 nitrogen and oxygen atoms in total. The molecule has 1 heterocycles. The third kappa shape index (κ3) is 5.84. The third-order valence-corrected chi connectivity index (χ3v) is 7.06. The molecule has 1 unspecified atom stereocenters. The Morgan fingerprint density at radius 2 is 1.88 bits per heavy atom. The first-order valence-corrected chi connectivity index (χ1v) is 12.1. The number of anilines is 1. The summed E-state index contributed by atoms with van der Waals surface area (Å²) in [6, 6.07) is 12.7. The molecular formula is C24H29BrF3N5O. The van der Waals surface area contributed by atoms with Crippen LogP contribution in [0.2, 0.25) is 0 Å². The van der Waals surface area contributed by atoms with Crippen molar-refractivity contribution < 1.29 is 17.9 Å². The van der Waals surface area contributed by atoms with E-state index in [9.17, 15) is 13.2 Å². The predicted molar refractivity (Wildman–Crippen MR) is 131 cm³/mol. The Morgan fingerprint density at radius 1 is 1.15 bits per heavy atom. The molecule has 10 heteroatoms. The van der Waals surface area contributed by atoms with E-state index in [1.807, 2.05) is 24.3 Å². The molecule has 2 aromatic rings. The third-order valence-electron chi connectivity index (χ3n) is 6.57. The van der Waals surface area contributed by atoms with E-state index in [0.29, 0.717) is 22.5 Å². The standard InChI is InChI=1S/C24H29BrF3N5O/c1-30-22-19-4-2-3-5-20(19)32-23(29,33-22)17-9-6-15(7-10-17)13-31-14-16-8-11-18(25)12-21(16)34-24(26,27)28/h2-5,8,11-12,15,17,31-32H,6-7,9-10,13-14,29H2,1H3,(H,30,33). The van der Waals surface area contributed by atoms with Crippen molar-refractivity contribution in [1.29, 1.82) is 0 Å². The summed E-state index contributed by atoms with van der Waals surface area (Å²) < 4.78 is 42.9. The van der Waals surface area contributed by atoms with Crippen molar-refractivity contribution in [3.8, 4) is 5.75 Å². The largest absolute Gasteiger partial charge is 0.573 e. The van der Waals surface area contributed by atoms with Crippen molar-refractivity contribution in [2.24, 2.45) is 22.6 Å². The highest BCUT2D eigenvalue weighted by molar-refractivity contribution is 9.10. The van der Waals surface area contributed by atoms with E-state index in [-0.39, 0.29) is 11.7 Å². The highest BCUT2D eigenvalue weighted by atomic mass is 79.9. The number of ether oxygens (including phenoxy) is 1. The number of halogens is 4. The Kier molecular flexibility index (Phi) is 7.39. The van der Waals surface area contributed by atoms with Crippen LogP contribution < -0.4 is 26.4 Å². The van der Waals surface area contributed by atoms with Crippen LogP contribution in [0, 0.1) is 11.8 Å². The number of rotatable bonds is 6. The van der Waals surface area contributed by atoms with Gasteiger partial charge in [0.25, 0.3) is 0 Å². The summed E-state index contributed by atoms with van der Waals surface area (Å²) in [6.07, 6.45) is -0.902. The quantitative estimate of drug-likeness (QED) is 0.417. The number of benzene rings is 2. The Hall–Kier alpha value is -2.30. The first kappa shape index (κ1) is 24.8. The minimum Gasteiger partial charge on any atom is -0.405 e. The monoisotopic (exact) mass is 539 g/mol. The average molecular weight is 540 g/mol. The molecule has 4 rings (SSSR count). The van der Waals surface area contributed by atoms with Gasteiger partial charge in [0.2, 0.25) is 0 Å². The van der Waals surface area contributed by atoms with Crippen LogP contribution in [0.15, 0.2) is 51.9 Å². The lowest BCUT2D eigenvalue weighted by Crippen LogP contribution is -2.68. The van der Waals surface area contributed by atoms with Gasteiger partial charge in [-0.15, -0.1) is 13.2 Å². The second-order valence-electron chi connectivity index (χ2n) is 8.89. The van der Waals surface area contributed by atoms with Gasteiger partial charge in [-0.2, -0.15) is 0 Å². The van der Waals surface area contributed by atoms with Gasteiger partial charge in [-0.25, -0.2) is 0 Å². The van der Waals surface area contributed by atoms with Gasteiger partial charge in [-0.3, -0.25) is 10.7 Å². The number of nitrogens with one attached hydrogen (secondary N) is 3. The fourth-order valence-electron chi connectivity index (χ4n) is 4.82. The van der Waals surface area contributed by atoms with Gasteiger partial charge in [0.1, 0.15) is 11.6 Å². The molecular weight excluding hydrogens is 511 g/mol. The minimum atomic E-state index is -4.73. The van der Waals surface area contributed by atoms with Crippen molar-refractivity contribution in [3.63, 3.8) is 0 Å². The van der Waals surface area contributed by atoms with Gasteiger partial charge in [-0.1, -0.05) is 34.1 Å². The van der Waals surface area contributed by atoms with Crippen molar-refractivity contribution in [2.75, 3.05) is 18.9 Å². The summed E-state index contributed by atoms with van der Waals surface area (Å²) >= 11 is 3.20. The summed E-state index contributed by atoms with van der Waals surface area (Å²) in [7, 11) is 1.75. The van der Waals surface area contributed by atoms with Gasteiger partial charge in [0.05, 0.1) is 0 Å². The number of hydrogen-bond donors (Lipinski definition) is 4. The van der Waals surface area contributed by atoms with Crippen LogP contribution >= 0.6 is 15.9 Å². The van der Waals surface area contributed by atoms with Crippen LogP contribution in [0.25, 0.3) is 0 Å². The fourth-order valence-corrected chi connectivity index (χ4v) is 5.16. The molecule has 5 N–H and O–H groups in total. The van der Waals surface area contributed by atoms with E-state index in [2.05, 4.69) is 41.6 Å². The molecule has 1 aliphatic heterocycles. The molecule has 0 aromatic heterocycles. The summed E-state index contributed by atoms with van der Waals surface area (Å²) in [6.45, 7) is 1.02. The average Bonchev–Trinajstić information content (AvgIpc) is 2.79. The number of para-hydroxylation sites is 1. The summed E-state index contributed by atoms with van der Waals surface area (Å²) in [5, 5.41) is 10.2. The number of nitrogens with two attached hydrogens (primary N) is 1. The molecule has 1 saturated carbocycles. The topological polar surface area (TPSA) is 83.7 Å². The van der Waals surface area contributed by atoms with Gasteiger partial charge >= 0.3 is 6.36 Å². The molecule has 2 aliphatic rings. The van der Waals surface area contributed by atoms with E-state index in [1.165, 1.54) is 6.07 Å². The van der Waals surface area contributed by atoms with Crippen LogP contribution in [0.4, 0.5) is 18.9 Å². The van der Waals surface area contributed by atoms with Crippen molar-refractivity contribution >= 4 is 27.5 Å². The predicted octanol–water partition coefficient (Wildman–Crippen LogP) is 4.95. The molecule has 0 radical (unpaired) electrons. The maximum Gasteiger partial charge on any atom is 0.573 e. The number of fused-ring (bicyclic) bond motifs is 1. The van der Waals surface area contributed by atoms with Gasteiger partial charge in [0, 0.05) is 40.8 Å². The highest BCUT2D eigenvalue weighted by Gasteiger charge is 2.41. The number of aliphatic imine (C=N–C) groups is 1. The molecule has 1 aliphatic carbocycles. The molecule has 1 atom stereocenters. The lowest BCUT2D eigenvalue weighted by molar-refractivity contribution is -0.274. The zero-order valence-electron chi connectivity index (χ0n) is 18.9. The number of hydrogen-bond acceptors (Lipinski definition) is 5. The Labute approximate surface area is 205 Å². The smallest absolute Gasteiger partial charge is 0.405 e. The Balaban J connectivity index is 1.31. The molecule has 184 valence electrons. The second-order valence-corrected chi connectivity index (χ2v) is 9.80. The summed E-state index contributed by atoms with van der Waals surface area (Å²) in [5.74, 6) is 0.464.